The van der Waals surface area contributed by atoms with Crippen molar-refractivity contribution < 1.29 is 17.9 Å². The Bertz CT molecular complexity index is 878. The third-order valence-corrected chi connectivity index (χ3v) is 8.83. The van der Waals surface area contributed by atoms with Gasteiger partial charge in [-0.25, -0.2) is 8.42 Å². The van der Waals surface area contributed by atoms with E-state index in [1.54, 1.807) is 12.1 Å². The molecule has 0 N–H and O–H groups in total. The number of halogens is 2. The molecule has 1 atom stereocenters. The van der Waals surface area contributed by atoms with Gasteiger partial charge in [-0.15, -0.1) is 0 Å². The first-order valence-corrected chi connectivity index (χ1v) is 12.7. The van der Waals surface area contributed by atoms with Gasteiger partial charge in [0.05, 0.1) is 16.9 Å². The molecule has 1 unspecified atom stereocenters. The van der Waals surface area contributed by atoms with E-state index in [0.717, 1.165) is 5.56 Å². The Morgan fingerprint density at radius 3 is 2.38 bits per heavy atom. The Balaban J connectivity index is 1.51. The van der Waals surface area contributed by atoms with Crippen LogP contribution in [0.15, 0.2) is 18.2 Å². The van der Waals surface area contributed by atoms with Crippen LogP contribution in [0.3, 0.4) is 0 Å². The fourth-order valence-corrected chi connectivity index (χ4v) is 7.20. The number of carbonyl (C=O) groups excluding carboxylic acids is 1. The molecule has 3 heterocycles. The van der Waals surface area contributed by atoms with E-state index in [9.17, 15) is 13.2 Å². The Morgan fingerprint density at radius 2 is 1.79 bits per heavy atom. The topological polar surface area (TPSA) is 66.9 Å². The van der Waals surface area contributed by atoms with Crippen LogP contribution in [0.2, 0.25) is 10.0 Å². The van der Waals surface area contributed by atoms with Crippen LogP contribution in [0.4, 0.5) is 0 Å². The average Bonchev–Trinajstić information content (AvgIpc) is 3.08. The van der Waals surface area contributed by atoms with E-state index in [0.29, 0.717) is 68.7 Å². The normalized spacial score (nSPS) is 27.1. The van der Waals surface area contributed by atoms with E-state index < -0.39 is 15.3 Å². The van der Waals surface area contributed by atoms with Crippen LogP contribution < -0.4 is 0 Å². The van der Waals surface area contributed by atoms with Gasteiger partial charge in [0.1, 0.15) is 0 Å². The number of benzene rings is 1. The summed E-state index contributed by atoms with van der Waals surface area (Å²) in [5.41, 5.74) is 0.125. The molecule has 0 saturated carbocycles. The molecule has 4 rings (SSSR count). The van der Waals surface area contributed by atoms with Crippen LogP contribution >= 0.6 is 23.2 Å². The van der Waals surface area contributed by atoms with Gasteiger partial charge in [0.25, 0.3) is 0 Å². The number of ether oxygens (including phenoxy) is 1. The van der Waals surface area contributed by atoms with Crippen LogP contribution in [-0.4, -0.2) is 81.1 Å². The predicted octanol–water partition coefficient (Wildman–Crippen LogP) is 2.37. The molecule has 9 heteroatoms. The summed E-state index contributed by atoms with van der Waals surface area (Å²) in [5, 5.41) is 1.07. The van der Waals surface area contributed by atoms with E-state index >= 15 is 0 Å². The van der Waals surface area contributed by atoms with Gasteiger partial charge >= 0.3 is 0 Å². The summed E-state index contributed by atoms with van der Waals surface area (Å²) in [6.45, 7) is 3.64. The van der Waals surface area contributed by atoms with Crippen LogP contribution in [-0.2, 0) is 24.8 Å². The highest BCUT2D eigenvalue weighted by Gasteiger charge is 2.46. The molecule has 3 saturated heterocycles. The first-order valence-electron chi connectivity index (χ1n) is 10.1. The molecular weight excluding hydrogens is 435 g/mol. The Hall–Kier alpha value is -0.860. The summed E-state index contributed by atoms with van der Waals surface area (Å²) in [6, 6.07) is 5.43. The second kappa shape index (κ2) is 8.35. The number of carbonyl (C=O) groups is 1. The zero-order valence-corrected chi connectivity index (χ0v) is 18.6. The minimum atomic E-state index is -2.91. The fraction of sp³-hybridized carbons (Fsp3) is 0.650. The lowest BCUT2D eigenvalue weighted by molar-refractivity contribution is -0.143. The largest absolute Gasteiger partial charge is 0.381 e. The summed E-state index contributed by atoms with van der Waals surface area (Å²) in [5.74, 6) is 0.598. The number of sulfone groups is 1. The maximum absolute atomic E-state index is 13.7. The molecule has 6 nitrogen and oxygen atoms in total. The molecule has 3 aliphatic heterocycles. The average molecular weight is 461 g/mol. The highest BCUT2D eigenvalue weighted by molar-refractivity contribution is 7.91. The quantitative estimate of drug-likeness (QED) is 0.692. The second-order valence-electron chi connectivity index (χ2n) is 8.20. The third-order valence-electron chi connectivity index (χ3n) is 6.53. The summed E-state index contributed by atoms with van der Waals surface area (Å²) in [4.78, 5) is 17.8. The van der Waals surface area contributed by atoms with Crippen molar-refractivity contribution in [2.75, 3.05) is 50.9 Å². The Morgan fingerprint density at radius 1 is 1.10 bits per heavy atom. The number of nitrogens with zero attached hydrogens (tertiary/aromatic N) is 2. The van der Waals surface area contributed by atoms with E-state index in [1.165, 1.54) is 0 Å². The first kappa shape index (κ1) is 21.4. The second-order valence-corrected chi connectivity index (χ2v) is 11.3. The van der Waals surface area contributed by atoms with Gasteiger partial charge in [0.15, 0.2) is 9.84 Å². The van der Waals surface area contributed by atoms with Crippen molar-refractivity contribution in [3.63, 3.8) is 0 Å². The zero-order valence-electron chi connectivity index (χ0n) is 16.3. The SMILES string of the molecule is O=C(N1CCN(C2CCS(=O)(=O)C2)CC1)C1(c2ccc(Cl)cc2Cl)CCOCC1. The molecule has 3 aliphatic rings. The fourth-order valence-electron chi connectivity index (χ4n) is 4.85. The van der Waals surface area contributed by atoms with Crippen molar-refractivity contribution in [1.29, 1.82) is 0 Å². The number of hydrogen-bond acceptors (Lipinski definition) is 5. The van der Waals surface area contributed by atoms with E-state index in [1.807, 2.05) is 11.0 Å². The molecule has 0 radical (unpaired) electrons. The van der Waals surface area contributed by atoms with Crippen molar-refractivity contribution in [1.82, 2.24) is 9.80 Å². The predicted molar refractivity (Wildman–Crippen MR) is 113 cm³/mol. The third kappa shape index (κ3) is 4.30. The molecule has 0 spiro atoms. The molecule has 1 amide bonds. The zero-order chi connectivity index (χ0) is 20.6. The molecule has 0 aromatic heterocycles. The molecule has 29 heavy (non-hydrogen) atoms. The number of rotatable bonds is 3. The minimum absolute atomic E-state index is 0.0833. The lowest BCUT2D eigenvalue weighted by Gasteiger charge is -2.44. The van der Waals surface area contributed by atoms with E-state index in [2.05, 4.69) is 4.90 Å². The van der Waals surface area contributed by atoms with Gasteiger partial charge in [-0.05, 0) is 37.0 Å². The minimum Gasteiger partial charge on any atom is -0.381 e. The highest BCUT2D eigenvalue weighted by Crippen LogP contribution is 2.41. The van der Waals surface area contributed by atoms with E-state index in [-0.39, 0.29) is 23.5 Å². The van der Waals surface area contributed by atoms with Crippen LogP contribution in [0, 0.1) is 0 Å². The van der Waals surface area contributed by atoms with Gasteiger partial charge in [-0.1, -0.05) is 29.3 Å². The van der Waals surface area contributed by atoms with Gasteiger partial charge < -0.3 is 9.64 Å². The molecule has 160 valence electrons. The summed E-state index contributed by atoms with van der Waals surface area (Å²) < 4.78 is 29.1. The standard InChI is InChI=1S/C20H26Cl2N2O4S/c21-15-1-2-17(18(22)13-15)20(4-10-28-11-5-20)19(25)24-8-6-23(7-9-24)16-3-12-29(26,27)14-16/h1-2,13,16H,3-12,14H2. The van der Waals surface area contributed by atoms with Crippen LogP contribution in [0.5, 0.6) is 0 Å². The monoisotopic (exact) mass is 460 g/mol. The molecular formula is C20H26Cl2N2O4S. The first-order chi connectivity index (χ1) is 13.8. The number of amides is 1. The molecule has 0 aliphatic carbocycles. The highest BCUT2D eigenvalue weighted by atomic mass is 35.5. The van der Waals surface area contributed by atoms with Crippen molar-refractivity contribution >= 4 is 38.9 Å². The summed E-state index contributed by atoms with van der Waals surface area (Å²) >= 11 is 12.6. The Kier molecular flexibility index (Phi) is 6.15. The number of piperazine rings is 1. The summed E-state index contributed by atoms with van der Waals surface area (Å²) in [6.07, 6.45) is 1.88. The lowest BCUT2D eigenvalue weighted by Crippen LogP contribution is -2.57. The molecule has 0 bridgehead atoms. The van der Waals surface area contributed by atoms with Gasteiger partial charge in [-0.3, -0.25) is 9.69 Å². The van der Waals surface area contributed by atoms with Gasteiger partial charge in [-0.2, -0.15) is 0 Å². The Labute approximate surface area is 182 Å². The van der Waals surface area contributed by atoms with Crippen molar-refractivity contribution in [2.24, 2.45) is 0 Å². The smallest absolute Gasteiger partial charge is 0.233 e. The maximum atomic E-state index is 13.7. The summed E-state index contributed by atoms with van der Waals surface area (Å²) in [7, 11) is -2.91. The van der Waals surface area contributed by atoms with Crippen molar-refractivity contribution in [3.05, 3.63) is 33.8 Å². The number of hydrogen-bond donors (Lipinski definition) is 0. The van der Waals surface area contributed by atoms with Crippen LogP contribution in [0.25, 0.3) is 0 Å². The van der Waals surface area contributed by atoms with Crippen molar-refractivity contribution in [2.45, 2.75) is 30.7 Å². The van der Waals surface area contributed by atoms with Gasteiger partial charge in [0.2, 0.25) is 5.91 Å². The van der Waals surface area contributed by atoms with Crippen molar-refractivity contribution in [3.8, 4) is 0 Å². The molecule has 3 fully saturated rings. The van der Waals surface area contributed by atoms with Gasteiger partial charge in [0, 0.05) is 55.5 Å². The van der Waals surface area contributed by atoms with Crippen LogP contribution in [0.1, 0.15) is 24.8 Å². The maximum Gasteiger partial charge on any atom is 0.233 e. The molecule has 1 aromatic rings. The lowest BCUT2D eigenvalue weighted by atomic mass is 9.72. The molecule has 1 aromatic carbocycles. The van der Waals surface area contributed by atoms with E-state index in [4.69, 9.17) is 27.9 Å².